The van der Waals surface area contributed by atoms with Crippen LogP contribution in [0.2, 0.25) is 0 Å². The summed E-state index contributed by atoms with van der Waals surface area (Å²) in [5, 5.41) is 32.3. The van der Waals surface area contributed by atoms with Crippen molar-refractivity contribution in [1.82, 2.24) is 5.32 Å². The molecule has 2 aromatic carbocycles. The van der Waals surface area contributed by atoms with Crippen LogP contribution in [0.1, 0.15) is 55.4 Å². The van der Waals surface area contributed by atoms with E-state index < -0.39 is 12.1 Å². The lowest BCUT2D eigenvalue weighted by molar-refractivity contribution is -0.137. The van der Waals surface area contributed by atoms with E-state index in [9.17, 15) is 15.2 Å². The summed E-state index contributed by atoms with van der Waals surface area (Å²) < 4.78 is 5.86. The average Bonchev–Trinajstić information content (AvgIpc) is 3.17. The number of hydrogen-bond acceptors (Lipinski definition) is 5. The molecule has 1 atom stereocenters. The first-order valence-corrected chi connectivity index (χ1v) is 11.6. The van der Waals surface area contributed by atoms with E-state index in [-0.39, 0.29) is 31.0 Å². The van der Waals surface area contributed by atoms with E-state index in [4.69, 9.17) is 9.84 Å². The van der Waals surface area contributed by atoms with Gasteiger partial charge in [0.05, 0.1) is 5.56 Å². The number of nitrogens with one attached hydrogen (secondary N) is 1. The monoisotopic (exact) mass is 486 g/mol. The second-order valence-corrected chi connectivity index (χ2v) is 9.63. The SMILES string of the molecule is CC(C)(CC1Cc2ccccc2C1)NC[C@@H](O)COc1c(C#N)cccc1CCCC(=O)O.Cl. The summed E-state index contributed by atoms with van der Waals surface area (Å²) in [5.74, 6) is 0.182. The van der Waals surface area contributed by atoms with Gasteiger partial charge in [-0.05, 0) is 74.6 Å². The number of carboxylic acids is 1. The highest BCUT2D eigenvalue weighted by Crippen LogP contribution is 2.32. The third kappa shape index (κ3) is 8.02. The zero-order chi connectivity index (χ0) is 23.8. The van der Waals surface area contributed by atoms with Gasteiger partial charge in [0.15, 0.2) is 0 Å². The van der Waals surface area contributed by atoms with Gasteiger partial charge in [-0.2, -0.15) is 5.26 Å². The smallest absolute Gasteiger partial charge is 0.303 e. The lowest BCUT2D eigenvalue weighted by Crippen LogP contribution is -2.46. The van der Waals surface area contributed by atoms with Crippen molar-refractivity contribution in [3.05, 3.63) is 64.7 Å². The Morgan fingerprint density at radius 1 is 1.21 bits per heavy atom. The van der Waals surface area contributed by atoms with Crippen molar-refractivity contribution in [1.29, 1.82) is 5.26 Å². The first-order chi connectivity index (χ1) is 15.8. The van der Waals surface area contributed by atoms with Crippen LogP contribution in [0.25, 0.3) is 0 Å². The maximum absolute atomic E-state index is 10.8. The molecular formula is C27H35ClN2O4. The van der Waals surface area contributed by atoms with E-state index in [1.54, 1.807) is 12.1 Å². The number of carboxylic acid groups (broad SMARTS) is 1. The predicted octanol–water partition coefficient (Wildman–Crippen LogP) is 4.30. The fraction of sp³-hybridized carbons (Fsp3) is 0.481. The largest absolute Gasteiger partial charge is 0.489 e. The van der Waals surface area contributed by atoms with Gasteiger partial charge in [0.1, 0.15) is 24.5 Å². The molecular weight excluding hydrogens is 452 g/mol. The number of nitriles is 1. The highest BCUT2D eigenvalue weighted by Gasteiger charge is 2.28. The topological polar surface area (TPSA) is 103 Å². The molecule has 1 aliphatic carbocycles. The van der Waals surface area contributed by atoms with Crippen LogP contribution in [0.5, 0.6) is 5.75 Å². The molecule has 0 unspecified atom stereocenters. The number of aliphatic carboxylic acids is 1. The molecule has 6 nitrogen and oxygen atoms in total. The Morgan fingerprint density at radius 2 is 1.88 bits per heavy atom. The number of para-hydroxylation sites is 1. The van der Waals surface area contributed by atoms with Gasteiger partial charge < -0.3 is 20.3 Å². The van der Waals surface area contributed by atoms with Crippen LogP contribution in [0.3, 0.4) is 0 Å². The molecule has 0 aliphatic heterocycles. The van der Waals surface area contributed by atoms with Crippen LogP contribution in [0.4, 0.5) is 0 Å². The summed E-state index contributed by atoms with van der Waals surface area (Å²) in [6.07, 6.45) is 3.50. The van der Waals surface area contributed by atoms with Gasteiger partial charge in [0, 0.05) is 18.5 Å². The molecule has 34 heavy (non-hydrogen) atoms. The zero-order valence-corrected chi connectivity index (χ0v) is 20.7. The molecule has 0 radical (unpaired) electrons. The molecule has 0 heterocycles. The van der Waals surface area contributed by atoms with Crippen molar-refractivity contribution >= 4 is 18.4 Å². The van der Waals surface area contributed by atoms with E-state index in [0.717, 1.165) is 24.8 Å². The van der Waals surface area contributed by atoms with Crippen LogP contribution in [0.15, 0.2) is 42.5 Å². The molecule has 0 saturated carbocycles. The van der Waals surface area contributed by atoms with Crippen molar-refractivity contribution in [2.75, 3.05) is 13.2 Å². The minimum atomic E-state index is -0.848. The van der Waals surface area contributed by atoms with Crippen LogP contribution >= 0.6 is 12.4 Å². The Morgan fingerprint density at radius 3 is 2.50 bits per heavy atom. The normalized spacial score (nSPS) is 14.1. The highest BCUT2D eigenvalue weighted by molar-refractivity contribution is 5.85. The lowest BCUT2D eigenvalue weighted by atomic mass is 9.88. The fourth-order valence-electron chi connectivity index (χ4n) is 4.69. The minimum Gasteiger partial charge on any atom is -0.489 e. The Balaban J connectivity index is 0.00000408. The number of aliphatic hydroxyl groups excluding tert-OH is 1. The molecule has 0 bridgehead atoms. The minimum absolute atomic E-state index is 0. The summed E-state index contributed by atoms with van der Waals surface area (Å²) in [6.45, 7) is 4.77. The number of β-amino-alcohol motifs (C(OH)–C–C–N with tert-alkyl or cyclic N) is 1. The molecule has 2 aromatic rings. The molecule has 1 aliphatic rings. The van der Waals surface area contributed by atoms with Crippen LogP contribution in [-0.2, 0) is 24.1 Å². The van der Waals surface area contributed by atoms with Gasteiger partial charge in [-0.1, -0.05) is 36.4 Å². The van der Waals surface area contributed by atoms with Crippen molar-refractivity contribution in [2.45, 2.75) is 64.0 Å². The maximum atomic E-state index is 10.8. The predicted molar refractivity (Wildman–Crippen MR) is 135 cm³/mol. The van der Waals surface area contributed by atoms with E-state index >= 15 is 0 Å². The molecule has 3 N–H and O–H groups in total. The van der Waals surface area contributed by atoms with Gasteiger partial charge in [-0.15, -0.1) is 12.4 Å². The summed E-state index contributed by atoms with van der Waals surface area (Å²) in [5.41, 5.74) is 3.95. The van der Waals surface area contributed by atoms with Crippen LogP contribution in [-0.4, -0.2) is 41.0 Å². The summed E-state index contributed by atoms with van der Waals surface area (Å²) in [7, 11) is 0. The first-order valence-electron chi connectivity index (χ1n) is 11.6. The number of nitrogens with zero attached hydrogens (tertiary/aromatic N) is 1. The standard InChI is InChI=1S/C27H34N2O4.ClH/c1-27(2,15-19-13-21-7-3-4-8-22(21)14-19)29-17-24(30)18-33-26-20(10-6-12-25(31)32)9-5-11-23(26)16-28;/h3-5,7-9,11,19,24,29-30H,6,10,12-15,17-18H2,1-2H3,(H,31,32);1H/t24-;/m1./s1. The average molecular weight is 487 g/mol. The number of benzene rings is 2. The Hall–Kier alpha value is -2.59. The molecule has 7 heteroatoms. The molecule has 3 rings (SSSR count). The summed E-state index contributed by atoms with van der Waals surface area (Å²) in [6, 6.07) is 16.0. The number of aryl methyl sites for hydroxylation is 1. The molecule has 0 amide bonds. The molecule has 0 aromatic heterocycles. The van der Waals surface area contributed by atoms with Crippen molar-refractivity contribution < 1.29 is 19.7 Å². The van der Waals surface area contributed by atoms with Crippen molar-refractivity contribution in [2.24, 2.45) is 5.92 Å². The van der Waals surface area contributed by atoms with Gasteiger partial charge in [-0.3, -0.25) is 4.79 Å². The number of hydrogen-bond donors (Lipinski definition) is 3. The highest BCUT2D eigenvalue weighted by atomic mass is 35.5. The van der Waals surface area contributed by atoms with E-state index in [2.05, 4.69) is 49.5 Å². The molecule has 0 saturated heterocycles. The number of fused-ring (bicyclic) bond motifs is 1. The first kappa shape index (κ1) is 27.7. The molecule has 184 valence electrons. The summed E-state index contributed by atoms with van der Waals surface area (Å²) >= 11 is 0. The number of ether oxygens (including phenoxy) is 1. The molecule has 0 fully saturated rings. The van der Waals surface area contributed by atoms with Crippen molar-refractivity contribution in [3.8, 4) is 11.8 Å². The number of rotatable bonds is 12. The third-order valence-electron chi connectivity index (χ3n) is 6.22. The third-order valence-corrected chi connectivity index (χ3v) is 6.22. The fourth-order valence-corrected chi connectivity index (χ4v) is 4.69. The van der Waals surface area contributed by atoms with Crippen LogP contribution in [0, 0.1) is 17.2 Å². The van der Waals surface area contributed by atoms with Gasteiger partial charge in [-0.25, -0.2) is 0 Å². The van der Waals surface area contributed by atoms with Crippen LogP contribution < -0.4 is 10.1 Å². The van der Waals surface area contributed by atoms with Gasteiger partial charge in [0.2, 0.25) is 0 Å². The van der Waals surface area contributed by atoms with Gasteiger partial charge >= 0.3 is 5.97 Å². The van der Waals surface area contributed by atoms with Gasteiger partial charge in [0.25, 0.3) is 0 Å². The van der Waals surface area contributed by atoms with E-state index in [1.165, 1.54) is 11.1 Å². The Bertz CT molecular complexity index is 977. The lowest BCUT2D eigenvalue weighted by Gasteiger charge is -2.30. The second-order valence-electron chi connectivity index (χ2n) is 9.63. The number of carbonyl (C=O) groups is 1. The quantitative estimate of drug-likeness (QED) is 0.413. The van der Waals surface area contributed by atoms with E-state index in [1.807, 2.05) is 6.07 Å². The Kier molecular flexibility index (Phi) is 10.4. The second kappa shape index (κ2) is 12.8. The number of halogens is 1. The van der Waals surface area contributed by atoms with Crippen molar-refractivity contribution in [3.63, 3.8) is 0 Å². The molecule has 0 spiro atoms. The Labute approximate surface area is 208 Å². The maximum Gasteiger partial charge on any atom is 0.303 e. The summed E-state index contributed by atoms with van der Waals surface area (Å²) in [4.78, 5) is 10.8. The number of aliphatic hydroxyl groups is 1. The zero-order valence-electron chi connectivity index (χ0n) is 19.9. The van der Waals surface area contributed by atoms with E-state index in [0.29, 0.717) is 36.6 Å².